The van der Waals surface area contributed by atoms with Crippen LogP contribution in [0.3, 0.4) is 0 Å². The molecule has 0 spiro atoms. The number of nitrogens with zero attached hydrogens (tertiary/aromatic N) is 3. The maximum absolute atomic E-state index is 4.78. The number of nitrogens with one attached hydrogen (secondary N) is 1. The molecule has 1 saturated carbocycles. The van der Waals surface area contributed by atoms with Gasteiger partial charge in [-0.25, -0.2) is 4.98 Å². The number of aryl methyl sites for hydroxylation is 1. The van der Waals surface area contributed by atoms with Crippen molar-refractivity contribution in [1.29, 1.82) is 0 Å². The Morgan fingerprint density at radius 3 is 2.90 bits per heavy atom. The van der Waals surface area contributed by atoms with E-state index < -0.39 is 0 Å². The number of thiazole rings is 1. The molecule has 0 radical (unpaired) electrons. The van der Waals surface area contributed by atoms with Gasteiger partial charge in [0.15, 0.2) is 0 Å². The normalized spacial score (nSPS) is 17.7. The smallest absolute Gasteiger partial charge is 0.0798 e. The lowest BCUT2D eigenvalue weighted by Gasteiger charge is -2.14. The van der Waals surface area contributed by atoms with E-state index in [2.05, 4.69) is 34.2 Å². The van der Waals surface area contributed by atoms with Crippen LogP contribution in [-0.2, 0) is 6.42 Å². The van der Waals surface area contributed by atoms with Gasteiger partial charge in [-0.2, -0.15) is 5.10 Å². The zero-order valence-corrected chi connectivity index (χ0v) is 13.0. The highest BCUT2D eigenvalue weighted by Gasteiger charge is 2.20. The fraction of sp³-hybridized carbons (Fsp3) is 0.600. The van der Waals surface area contributed by atoms with E-state index >= 15 is 0 Å². The van der Waals surface area contributed by atoms with E-state index in [4.69, 9.17) is 5.10 Å². The van der Waals surface area contributed by atoms with Gasteiger partial charge in [0.1, 0.15) is 0 Å². The second-order valence-electron chi connectivity index (χ2n) is 5.57. The highest BCUT2D eigenvalue weighted by Crippen LogP contribution is 2.29. The van der Waals surface area contributed by atoms with Crippen LogP contribution in [-0.4, -0.2) is 21.8 Å². The van der Waals surface area contributed by atoms with Gasteiger partial charge in [0.2, 0.25) is 0 Å². The Labute approximate surface area is 124 Å². The van der Waals surface area contributed by atoms with Crippen molar-refractivity contribution in [1.82, 2.24) is 20.1 Å². The maximum Gasteiger partial charge on any atom is 0.0798 e. The van der Waals surface area contributed by atoms with Crippen molar-refractivity contribution in [2.45, 2.75) is 51.1 Å². The van der Waals surface area contributed by atoms with Crippen LogP contribution in [0.2, 0.25) is 0 Å². The quantitative estimate of drug-likeness (QED) is 0.919. The second-order valence-corrected chi connectivity index (χ2v) is 6.46. The Morgan fingerprint density at radius 1 is 1.45 bits per heavy atom. The fourth-order valence-electron chi connectivity index (χ4n) is 3.04. The van der Waals surface area contributed by atoms with Crippen LogP contribution in [0.1, 0.15) is 54.0 Å². The molecule has 0 aliphatic heterocycles. The molecule has 0 bridgehead atoms. The van der Waals surface area contributed by atoms with Gasteiger partial charge in [-0.15, -0.1) is 11.3 Å². The molecule has 3 rings (SSSR count). The molecule has 1 aliphatic rings. The predicted molar refractivity (Wildman–Crippen MR) is 82.1 cm³/mol. The number of aromatic nitrogens is 3. The Morgan fingerprint density at radius 2 is 2.25 bits per heavy atom. The minimum Gasteiger partial charge on any atom is -0.312 e. The zero-order valence-electron chi connectivity index (χ0n) is 12.2. The summed E-state index contributed by atoms with van der Waals surface area (Å²) in [6, 6.07) is 3.11. The lowest BCUT2D eigenvalue weighted by Crippen LogP contribution is -2.19. The number of hydrogen-bond acceptors (Lipinski definition) is 4. The molecule has 0 saturated heterocycles. The van der Waals surface area contributed by atoms with Crippen LogP contribution < -0.4 is 5.32 Å². The van der Waals surface area contributed by atoms with E-state index in [9.17, 15) is 0 Å². The third kappa shape index (κ3) is 2.79. The van der Waals surface area contributed by atoms with Crippen LogP contribution in [0.15, 0.2) is 17.8 Å². The summed E-state index contributed by atoms with van der Waals surface area (Å²) in [4.78, 5) is 5.67. The van der Waals surface area contributed by atoms with Gasteiger partial charge in [-0.1, -0.05) is 12.8 Å². The molecule has 0 amide bonds. The average molecular weight is 290 g/mol. The summed E-state index contributed by atoms with van der Waals surface area (Å²) < 4.78 is 2.18. The SMILES string of the molecule is CNC(Cc1ccn(C2CCCC2)n1)c1scnc1C. The minimum atomic E-state index is 0.314. The molecule has 5 heteroatoms. The molecular weight excluding hydrogens is 268 g/mol. The van der Waals surface area contributed by atoms with E-state index in [1.807, 2.05) is 12.6 Å². The molecule has 108 valence electrons. The molecule has 1 aliphatic carbocycles. The summed E-state index contributed by atoms with van der Waals surface area (Å²) in [7, 11) is 2.01. The molecule has 20 heavy (non-hydrogen) atoms. The van der Waals surface area contributed by atoms with Crippen molar-refractivity contribution in [3.8, 4) is 0 Å². The largest absolute Gasteiger partial charge is 0.312 e. The molecule has 4 nitrogen and oxygen atoms in total. The lowest BCUT2D eigenvalue weighted by atomic mass is 10.1. The minimum absolute atomic E-state index is 0.314. The first kappa shape index (κ1) is 13.8. The van der Waals surface area contributed by atoms with Crippen molar-refractivity contribution < 1.29 is 0 Å². The van der Waals surface area contributed by atoms with Crippen molar-refractivity contribution in [3.05, 3.63) is 34.0 Å². The standard InChI is InChI=1S/C15H22N4S/c1-11-15(20-10-17-11)14(16-2)9-12-7-8-19(18-12)13-5-3-4-6-13/h7-8,10,13-14,16H,3-6,9H2,1-2H3. The second kappa shape index (κ2) is 6.06. The molecule has 1 N–H and O–H groups in total. The van der Waals surface area contributed by atoms with Gasteiger partial charge in [0.25, 0.3) is 0 Å². The first-order chi connectivity index (χ1) is 9.78. The molecular formula is C15H22N4S. The number of rotatable bonds is 5. The zero-order chi connectivity index (χ0) is 13.9. The number of hydrogen-bond donors (Lipinski definition) is 1. The fourth-order valence-corrected chi connectivity index (χ4v) is 3.95. The van der Waals surface area contributed by atoms with Gasteiger partial charge in [-0.3, -0.25) is 4.68 Å². The molecule has 2 aromatic heterocycles. The lowest BCUT2D eigenvalue weighted by molar-refractivity contribution is 0.459. The number of likely N-dealkylation sites (N-methyl/N-ethyl adjacent to an activating group) is 1. The third-order valence-corrected chi connectivity index (χ3v) is 5.27. The highest BCUT2D eigenvalue weighted by molar-refractivity contribution is 7.09. The van der Waals surface area contributed by atoms with Crippen LogP contribution in [0, 0.1) is 6.92 Å². The van der Waals surface area contributed by atoms with Crippen molar-refractivity contribution in [3.63, 3.8) is 0 Å². The monoisotopic (exact) mass is 290 g/mol. The van der Waals surface area contributed by atoms with E-state index in [0.717, 1.165) is 12.1 Å². The Balaban J connectivity index is 1.71. The van der Waals surface area contributed by atoms with Crippen molar-refractivity contribution in [2.75, 3.05) is 7.05 Å². The summed E-state index contributed by atoms with van der Waals surface area (Å²) >= 11 is 1.73. The van der Waals surface area contributed by atoms with Crippen LogP contribution in [0.25, 0.3) is 0 Å². The van der Waals surface area contributed by atoms with Crippen molar-refractivity contribution >= 4 is 11.3 Å². The first-order valence-corrected chi connectivity index (χ1v) is 8.27. The summed E-state index contributed by atoms with van der Waals surface area (Å²) in [6.45, 7) is 2.08. The van der Waals surface area contributed by atoms with Gasteiger partial charge in [0, 0.05) is 23.5 Å². The molecule has 1 atom stereocenters. The van der Waals surface area contributed by atoms with E-state index in [1.165, 1.54) is 36.3 Å². The predicted octanol–water partition coefficient (Wildman–Crippen LogP) is 3.27. The van der Waals surface area contributed by atoms with E-state index in [0.29, 0.717) is 12.1 Å². The third-order valence-electron chi connectivity index (χ3n) is 4.22. The Kier molecular flexibility index (Phi) is 4.17. The van der Waals surface area contributed by atoms with Gasteiger partial charge < -0.3 is 5.32 Å². The molecule has 2 heterocycles. The van der Waals surface area contributed by atoms with Crippen LogP contribution in [0.5, 0.6) is 0 Å². The Bertz CT molecular complexity index is 554. The highest BCUT2D eigenvalue weighted by atomic mass is 32.1. The average Bonchev–Trinajstić information content (AvgIpc) is 3.17. The van der Waals surface area contributed by atoms with E-state index in [-0.39, 0.29) is 0 Å². The van der Waals surface area contributed by atoms with E-state index in [1.54, 1.807) is 11.3 Å². The van der Waals surface area contributed by atoms with Gasteiger partial charge in [-0.05, 0) is 32.9 Å². The van der Waals surface area contributed by atoms with Crippen LogP contribution >= 0.6 is 11.3 Å². The summed E-state index contributed by atoms with van der Waals surface area (Å²) in [5.41, 5.74) is 4.22. The maximum atomic E-state index is 4.78. The van der Waals surface area contributed by atoms with Gasteiger partial charge in [0.05, 0.1) is 22.9 Å². The molecule has 1 unspecified atom stereocenters. The topological polar surface area (TPSA) is 42.7 Å². The summed E-state index contributed by atoms with van der Waals surface area (Å²) in [5.74, 6) is 0. The molecule has 0 aromatic carbocycles. The summed E-state index contributed by atoms with van der Waals surface area (Å²) in [6.07, 6.45) is 8.34. The molecule has 1 fully saturated rings. The molecule has 2 aromatic rings. The Hall–Kier alpha value is -1.20. The van der Waals surface area contributed by atoms with Gasteiger partial charge >= 0.3 is 0 Å². The first-order valence-electron chi connectivity index (χ1n) is 7.39. The van der Waals surface area contributed by atoms with Crippen molar-refractivity contribution in [2.24, 2.45) is 0 Å². The van der Waals surface area contributed by atoms with Crippen LogP contribution in [0.4, 0.5) is 0 Å². The summed E-state index contributed by atoms with van der Waals surface area (Å²) in [5, 5.41) is 8.17.